The van der Waals surface area contributed by atoms with E-state index in [0.717, 1.165) is 22.2 Å². The van der Waals surface area contributed by atoms with E-state index in [0.29, 0.717) is 0 Å². The van der Waals surface area contributed by atoms with Gasteiger partial charge in [-0.3, -0.25) is 4.79 Å². The van der Waals surface area contributed by atoms with Crippen LogP contribution in [0.1, 0.15) is 18.4 Å². The second kappa shape index (κ2) is 8.55. The average molecular weight is 430 g/mol. The van der Waals surface area contributed by atoms with Crippen molar-refractivity contribution >= 4 is 31.9 Å². The van der Waals surface area contributed by atoms with Crippen LogP contribution in [0.3, 0.4) is 0 Å². The Balaban J connectivity index is 2.28. The fourth-order valence-corrected chi connectivity index (χ4v) is 4.20. The molecule has 0 aromatic heterocycles. The third-order valence-electron chi connectivity index (χ3n) is 3.50. The second-order valence-electron chi connectivity index (χ2n) is 5.42. The molecule has 134 valence electrons. The summed E-state index contributed by atoms with van der Waals surface area (Å²) in [6, 6.07) is 11.8. The molecule has 5 nitrogen and oxygen atoms in total. The Morgan fingerprint density at radius 2 is 1.84 bits per heavy atom. The molecular formula is C17H17BrFNO4S. The number of rotatable bonds is 8. The number of aliphatic carboxylic acids is 1. The molecule has 2 aromatic rings. The van der Waals surface area contributed by atoms with E-state index in [4.69, 9.17) is 5.11 Å². The molecule has 0 saturated carbocycles. The van der Waals surface area contributed by atoms with Gasteiger partial charge in [-0.1, -0.05) is 28.1 Å². The van der Waals surface area contributed by atoms with Crippen LogP contribution in [0.25, 0.3) is 0 Å². The van der Waals surface area contributed by atoms with Gasteiger partial charge >= 0.3 is 5.97 Å². The lowest BCUT2D eigenvalue weighted by molar-refractivity contribution is -0.137. The summed E-state index contributed by atoms with van der Waals surface area (Å²) >= 11 is 3.34. The topological polar surface area (TPSA) is 74.7 Å². The Labute approximate surface area is 154 Å². The van der Waals surface area contributed by atoms with Crippen molar-refractivity contribution in [3.8, 4) is 0 Å². The van der Waals surface area contributed by atoms with Crippen molar-refractivity contribution in [3.05, 3.63) is 64.4 Å². The Morgan fingerprint density at radius 3 is 2.44 bits per heavy atom. The molecule has 2 rings (SSSR count). The maximum Gasteiger partial charge on any atom is 0.303 e. The molecule has 0 aliphatic heterocycles. The summed E-state index contributed by atoms with van der Waals surface area (Å²) < 4.78 is 40.8. The lowest BCUT2D eigenvalue weighted by Gasteiger charge is -2.22. The zero-order chi connectivity index (χ0) is 18.4. The van der Waals surface area contributed by atoms with Crippen LogP contribution < -0.4 is 0 Å². The average Bonchev–Trinajstić information content (AvgIpc) is 2.54. The van der Waals surface area contributed by atoms with Gasteiger partial charge in [0.25, 0.3) is 0 Å². The van der Waals surface area contributed by atoms with Gasteiger partial charge in [-0.2, -0.15) is 4.31 Å². The van der Waals surface area contributed by atoms with E-state index >= 15 is 0 Å². The van der Waals surface area contributed by atoms with Gasteiger partial charge in [0.05, 0.1) is 4.90 Å². The number of sulfonamides is 1. The van der Waals surface area contributed by atoms with E-state index < -0.39 is 21.8 Å². The van der Waals surface area contributed by atoms with Crippen molar-refractivity contribution in [2.45, 2.75) is 24.3 Å². The predicted molar refractivity (Wildman–Crippen MR) is 95.0 cm³/mol. The summed E-state index contributed by atoms with van der Waals surface area (Å²) in [5, 5.41) is 8.79. The molecule has 0 aliphatic rings. The highest BCUT2D eigenvalue weighted by molar-refractivity contribution is 9.10. The Hall–Kier alpha value is -1.77. The van der Waals surface area contributed by atoms with Crippen molar-refractivity contribution in [2.75, 3.05) is 6.54 Å². The van der Waals surface area contributed by atoms with Gasteiger partial charge in [0.15, 0.2) is 0 Å². The van der Waals surface area contributed by atoms with Crippen LogP contribution in [-0.4, -0.2) is 30.3 Å². The van der Waals surface area contributed by atoms with Crippen molar-refractivity contribution in [2.24, 2.45) is 0 Å². The van der Waals surface area contributed by atoms with Crippen molar-refractivity contribution in [1.82, 2.24) is 4.31 Å². The van der Waals surface area contributed by atoms with Gasteiger partial charge in [-0.25, -0.2) is 12.8 Å². The molecule has 0 amide bonds. The number of hydrogen-bond acceptors (Lipinski definition) is 3. The quantitative estimate of drug-likeness (QED) is 0.694. The van der Waals surface area contributed by atoms with Crippen LogP contribution in [0.2, 0.25) is 0 Å². The molecule has 0 saturated heterocycles. The lowest BCUT2D eigenvalue weighted by Crippen LogP contribution is -2.32. The van der Waals surface area contributed by atoms with Crippen LogP contribution in [0.5, 0.6) is 0 Å². The van der Waals surface area contributed by atoms with Crippen molar-refractivity contribution in [3.63, 3.8) is 0 Å². The monoisotopic (exact) mass is 429 g/mol. The maximum atomic E-state index is 13.1. The number of benzene rings is 2. The van der Waals surface area contributed by atoms with Crippen LogP contribution >= 0.6 is 15.9 Å². The smallest absolute Gasteiger partial charge is 0.303 e. The third-order valence-corrected chi connectivity index (χ3v) is 5.85. The van der Waals surface area contributed by atoms with Gasteiger partial charge in [-0.05, 0) is 48.4 Å². The van der Waals surface area contributed by atoms with E-state index in [1.165, 1.54) is 16.4 Å². The fourth-order valence-electron chi connectivity index (χ4n) is 2.29. The van der Waals surface area contributed by atoms with Gasteiger partial charge in [0, 0.05) is 24.0 Å². The van der Waals surface area contributed by atoms with Crippen molar-refractivity contribution in [1.29, 1.82) is 0 Å². The van der Waals surface area contributed by atoms with E-state index in [1.54, 1.807) is 18.2 Å². The molecule has 0 heterocycles. The number of nitrogens with zero attached hydrogens (tertiary/aromatic N) is 1. The first kappa shape index (κ1) is 19.6. The van der Waals surface area contributed by atoms with E-state index in [-0.39, 0.29) is 30.8 Å². The highest BCUT2D eigenvalue weighted by Gasteiger charge is 2.24. The summed E-state index contributed by atoms with van der Waals surface area (Å²) in [5.41, 5.74) is 0.760. The molecule has 1 N–H and O–H groups in total. The minimum Gasteiger partial charge on any atom is -0.481 e. The standard InChI is InChI=1S/C17H17BrFNO4S/c18-14-4-1-3-13(11-14)12-20(10-2-5-17(21)22)25(23,24)16-8-6-15(19)7-9-16/h1,3-4,6-9,11H,2,5,10,12H2,(H,21,22). The Kier molecular flexibility index (Phi) is 6.69. The van der Waals surface area contributed by atoms with Crippen LogP contribution in [0, 0.1) is 5.82 Å². The molecule has 0 bridgehead atoms. The predicted octanol–water partition coefficient (Wildman–Crippen LogP) is 3.64. The van der Waals surface area contributed by atoms with E-state index in [9.17, 15) is 17.6 Å². The zero-order valence-corrected chi connectivity index (χ0v) is 15.6. The molecule has 8 heteroatoms. The number of carboxylic acids is 1. The summed E-state index contributed by atoms with van der Waals surface area (Å²) in [4.78, 5) is 10.7. The molecule has 0 aliphatic carbocycles. The molecule has 0 radical (unpaired) electrons. The second-order valence-corrected chi connectivity index (χ2v) is 8.27. The van der Waals surface area contributed by atoms with Gasteiger partial charge in [0.1, 0.15) is 5.82 Å². The van der Waals surface area contributed by atoms with Crippen LogP contribution in [-0.2, 0) is 21.4 Å². The molecule has 0 spiro atoms. The normalized spacial score (nSPS) is 11.6. The number of carbonyl (C=O) groups is 1. The summed E-state index contributed by atoms with van der Waals surface area (Å²) in [7, 11) is -3.87. The Morgan fingerprint density at radius 1 is 1.16 bits per heavy atom. The van der Waals surface area contributed by atoms with E-state index in [2.05, 4.69) is 15.9 Å². The summed E-state index contributed by atoms with van der Waals surface area (Å²) in [5.74, 6) is -1.51. The molecular weight excluding hydrogens is 413 g/mol. The third kappa shape index (κ3) is 5.62. The Bertz CT molecular complexity index is 840. The highest BCUT2D eigenvalue weighted by Crippen LogP contribution is 2.21. The minimum atomic E-state index is -3.87. The lowest BCUT2D eigenvalue weighted by atomic mass is 10.2. The van der Waals surface area contributed by atoms with Crippen molar-refractivity contribution < 1.29 is 22.7 Å². The highest BCUT2D eigenvalue weighted by atomic mass is 79.9. The first-order valence-corrected chi connectivity index (χ1v) is 9.74. The first-order valence-electron chi connectivity index (χ1n) is 7.51. The first-order chi connectivity index (χ1) is 11.8. The maximum absolute atomic E-state index is 13.1. The summed E-state index contributed by atoms with van der Waals surface area (Å²) in [6.45, 7) is 0.150. The fraction of sp³-hybridized carbons (Fsp3) is 0.235. The zero-order valence-electron chi connectivity index (χ0n) is 13.2. The van der Waals surface area contributed by atoms with Crippen LogP contribution in [0.15, 0.2) is 57.9 Å². The molecule has 2 aromatic carbocycles. The largest absolute Gasteiger partial charge is 0.481 e. The number of halogens is 2. The van der Waals surface area contributed by atoms with Crippen LogP contribution in [0.4, 0.5) is 4.39 Å². The minimum absolute atomic E-state index is 0.0285. The molecule has 0 atom stereocenters. The van der Waals surface area contributed by atoms with Gasteiger partial charge in [-0.15, -0.1) is 0 Å². The number of carboxylic acid groups (broad SMARTS) is 1. The van der Waals surface area contributed by atoms with Gasteiger partial charge < -0.3 is 5.11 Å². The molecule has 25 heavy (non-hydrogen) atoms. The van der Waals surface area contributed by atoms with E-state index in [1.807, 2.05) is 6.07 Å². The SMILES string of the molecule is O=C(O)CCCN(Cc1cccc(Br)c1)S(=O)(=O)c1ccc(F)cc1. The molecule has 0 fully saturated rings. The summed E-state index contributed by atoms with van der Waals surface area (Å²) in [6.07, 6.45) is 0.0533. The molecule has 0 unspecified atom stereocenters. The number of hydrogen-bond donors (Lipinski definition) is 1. The van der Waals surface area contributed by atoms with Gasteiger partial charge in [0.2, 0.25) is 10.0 Å².